The molecule has 8 nitrogen and oxygen atoms in total. The van der Waals surface area contributed by atoms with Gasteiger partial charge in [0.15, 0.2) is 0 Å². The summed E-state index contributed by atoms with van der Waals surface area (Å²) in [5.41, 5.74) is 0.310. The molecule has 1 aromatic carbocycles. The molecule has 0 atom stereocenters. The Morgan fingerprint density at radius 1 is 1.21 bits per heavy atom. The third-order valence-corrected chi connectivity index (χ3v) is 7.31. The van der Waals surface area contributed by atoms with Gasteiger partial charge in [0, 0.05) is 18.6 Å². The number of likely N-dealkylation sites (N-methyl/N-ethyl adjacent to an activating group) is 2. The molecule has 0 bridgehead atoms. The Labute approximate surface area is 174 Å². The zero-order valence-electron chi connectivity index (χ0n) is 15.0. The zero-order valence-corrected chi connectivity index (χ0v) is 18.3. The maximum Gasteiger partial charge on any atom is 0.268 e. The van der Waals surface area contributed by atoms with Crippen molar-refractivity contribution in [2.45, 2.75) is 11.4 Å². The average molecular weight is 485 g/mol. The lowest BCUT2D eigenvalue weighted by Gasteiger charge is -2.21. The van der Waals surface area contributed by atoms with Crippen LogP contribution in [0.15, 0.2) is 49.9 Å². The molecular weight excluding hydrogens is 468 g/mol. The number of amides is 1. The van der Waals surface area contributed by atoms with Crippen LogP contribution in [0.25, 0.3) is 10.2 Å². The number of nitrogens with one attached hydrogen (secondary N) is 1. The van der Waals surface area contributed by atoms with Crippen LogP contribution in [0.1, 0.15) is 5.82 Å². The summed E-state index contributed by atoms with van der Waals surface area (Å²) in [5.74, 6) is -0.0820. The van der Waals surface area contributed by atoms with E-state index in [-0.39, 0.29) is 23.5 Å². The number of rotatable bonds is 6. The maximum atomic E-state index is 12.6. The molecule has 0 spiro atoms. The molecule has 0 saturated carbocycles. The topological polar surface area (TPSA) is 103 Å². The molecule has 0 aliphatic heterocycles. The predicted octanol–water partition coefficient (Wildman–Crippen LogP) is 2.03. The molecule has 0 saturated heterocycles. The number of thiophene rings is 1. The number of sulfonamides is 1. The third kappa shape index (κ3) is 4.32. The van der Waals surface area contributed by atoms with Gasteiger partial charge in [-0.1, -0.05) is 15.9 Å². The number of hydrogen-bond acceptors (Lipinski definition) is 6. The molecule has 3 aromatic rings. The van der Waals surface area contributed by atoms with Crippen LogP contribution in [0.4, 0.5) is 0 Å². The van der Waals surface area contributed by atoms with Gasteiger partial charge in [0.05, 0.1) is 23.5 Å². The summed E-state index contributed by atoms with van der Waals surface area (Å²) in [6.45, 7) is -0.272. The van der Waals surface area contributed by atoms with E-state index in [2.05, 4.69) is 25.9 Å². The first-order valence-electron chi connectivity index (χ1n) is 8.11. The second-order valence-corrected chi connectivity index (χ2v) is 9.99. The second-order valence-electron chi connectivity index (χ2n) is 6.11. The average Bonchev–Trinajstić information content (AvgIpc) is 3.11. The Morgan fingerprint density at radius 2 is 1.89 bits per heavy atom. The summed E-state index contributed by atoms with van der Waals surface area (Å²) in [7, 11) is -0.916. The molecule has 2 aromatic heterocycles. The summed E-state index contributed by atoms with van der Waals surface area (Å²) >= 11 is 4.55. The number of carbonyl (C=O) groups excluding carboxylic acids is 1. The van der Waals surface area contributed by atoms with Crippen LogP contribution in [0.2, 0.25) is 0 Å². The van der Waals surface area contributed by atoms with Gasteiger partial charge in [-0.05, 0) is 35.7 Å². The molecule has 11 heteroatoms. The van der Waals surface area contributed by atoms with Crippen LogP contribution in [0, 0.1) is 0 Å². The van der Waals surface area contributed by atoms with Gasteiger partial charge in [0.1, 0.15) is 10.5 Å². The van der Waals surface area contributed by atoms with Crippen LogP contribution >= 0.6 is 27.3 Å². The maximum absolute atomic E-state index is 12.6. The van der Waals surface area contributed by atoms with Crippen molar-refractivity contribution in [3.63, 3.8) is 0 Å². The van der Waals surface area contributed by atoms with Gasteiger partial charge >= 0.3 is 0 Å². The van der Waals surface area contributed by atoms with Crippen LogP contribution < -0.4 is 5.56 Å². The molecule has 0 fully saturated rings. The van der Waals surface area contributed by atoms with Crippen LogP contribution in [-0.2, 0) is 21.4 Å². The number of aromatic amines is 1. The fraction of sp³-hybridized carbons (Fsp3) is 0.235. The molecule has 0 radical (unpaired) electrons. The summed E-state index contributed by atoms with van der Waals surface area (Å²) < 4.78 is 27.5. The molecular formula is C17H17BrN4O4S2. The number of halogens is 1. The summed E-state index contributed by atoms with van der Waals surface area (Å²) in [6.07, 6.45) is 0. The number of nitrogens with zero attached hydrogens (tertiary/aromatic N) is 3. The Balaban J connectivity index is 1.70. The van der Waals surface area contributed by atoms with E-state index in [0.29, 0.717) is 16.0 Å². The van der Waals surface area contributed by atoms with E-state index in [9.17, 15) is 18.0 Å². The van der Waals surface area contributed by atoms with E-state index in [0.717, 1.165) is 8.78 Å². The third-order valence-electron chi connectivity index (χ3n) is 4.06. The van der Waals surface area contributed by atoms with Crippen molar-refractivity contribution in [3.05, 3.63) is 56.4 Å². The highest BCUT2D eigenvalue weighted by atomic mass is 79.9. The van der Waals surface area contributed by atoms with Gasteiger partial charge in [0.25, 0.3) is 5.56 Å². The van der Waals surface area contributed by atoms with Gasteiger partial charge < -0.3 is 9.88 Å². The van der Waals surface area contributed by atoms with Crippen LogP contribution in [0.5, 0.6) is 0 Å². The van der Waals surface area contributed by atoms with Crippen molar-refractivity contribution in [1.29, 1.82) is 0 Å². The lowest BCUT2D eigenvalue weighted by atomic mass is 10.4. The Morgan fingerprint density at radius 3 is 2.57 bits per heavy atom. The van der Waals surface area contributed by atoms with E-state index in [1.165, 1.54) is 42.5 Å². The molecule has 0 aliphatic rings. The molecule has 1 N–H and O–H groups in total. The standard InChI is InChI=1S/C17H17BrN4O4S2/c1-21(9-14-19-13-7-8-27-16(13)17(24)20-14)15(23)10-22(2)28(25,26)12-5-3-11(18)4-6-12/h3-8H,9-10H2,1-2H3,(H,19,20,24). The van der Waals surface area contributed by atoms with E-state index < -0.39 is 15.9 Å². The van der Waals surface area contributed by atoms with E-state index in [4.69, 9.17) is 0 Å². The van der Waals surface area contributed by atoms with Crippen molar-refractivity contribution in [1.82, 2.24) is 19.2 Å². The molecule has 0 aliphatic carbocycles. The highest BCUT2D eigenvalue weighted by molar-refractivity contribution is 9.10. The van der Waals surface area contributed by atoms with E-state index >= 15 is 0 Å². The smallest absolute Gasteiger partial charge is 0.268 e. The van der Waals surface area contributed by atoms with Crippen molar-refractivity contribution in [2.24, 2.45) is 0 Å². The lowest BCUT2D eigenvalue weighted by Crippen LogP contribution is -2.39. The molecule has 28 heavy (non-hydrogen) atoms. The minimum atomic E-state index is -3.79. The normalized spacial score (nSPS) is 11.9. The SMILES string of the molecule is CN(Cc1nc2ccsc2c(=O)[nH]1)C(=O)CN(C)S(=O)(=O)c1ccc(Br)cc1. The molecule has 3 rings (SSSR count). The highest BCUT2D eigenvalue weighted by Crippen LogP contribution is 2.18. The number of carbonyl (C=O) groups is 1. The van der Waals surface area contributed by atoms with Crippen LogP contribution in [0.3, 0.4) is 0 Å². The van der Waals surface area contributed by atoms with Crippen molar-refractivity contribution >= 4 is 53.4 Å². The summed E-state index contributed by atoms with van der Waals surface area (Å²) in [6, 6.07) is 7.91. The minimum Gasteiger partial charge on any atom is -0.337 e. The lowest BCUT2D eigenvalue weighted by molar-refractivity contribution is -0.130. The zero-order chi connectivity index (χ0) is 20.5. The Hall–Kier alpha value is -2.08. The largest absolute Gasteiger partial charge is 0.337 e. The van der Waals surface area contributed by atoms with Gasteiger partial charge in [-0.15, -0.1) is 11.3 Å². The van der Waals surface area contributed by atoms with E-state index in [1.807, 2.05) is 0 Å². The monoisotopic (exact) mass is 484 g/mol. The quantitative estimate of drug-likeness (QED) is 0.576. The first kappa shape index (κ1) is 20.6. The van der Waals surface area contributed by atoms with E-state index in [1.54, 1.807) is 23.6 Å². The summed E-state index contributed by atoms with van der Waals surface area (Å²) in [4.78, 5) is 32.9. The number of hydrogen-bond donors (Lipinski definition) is 1. The number of H-pyrrole nitrogens is 1. The highest BCUT2D eigenvalue weighted by Gasteiger charge is 2.24. The first-order chi connectivity index (χ1) is 13.2. The summed E-state index contributed by atoms with van der Waals surface area (Å²) in [5, 5.41) is 1.77. The molecule has 0 unspecified atom stereocenters. The number of fused-ring (bicyclic) bond motifs is 1. The predicted molar refractivity (Wildman–Crippen MR) is 111 cm³/mol. The first-order valence-corrected chi connectivity index (χ1v) is 11.2. The van der Waals surface area contributed by atoms with Crippen molar-refractivity contribution in [2.75, 3.05) is 20.6 Å². The number of aromatic nitrogens is 2. The Bertz CT molecular complexity index is 1170. The molecule has 1 amide bonds. The van der Waals surface area contributed by atoms with Gasteiger partial charge in [-0.2, -0.15) is 4.31 Å². The van der Waals surface area contributed by atoms with Crippen LogP contribution in [-0.4, -0.2) is 54.1 Å². The molecule has 148 valence electrons. The minimum absolute atomic E-state index is 0.0615. The Kier molecular flexibility index (Phi) is 5.98. The van der Waals surface area contributed by atoms with Gasteiger partial charge in [-0.3, -0.25) is 9.59 Å². The number of benzene rings is 1. The molecule has 2 heterocycles. The van der Waals surface area contributed by atoms with Gasteiger partial charge in [-0.25, -0.2) is 13.4 Å². The van der Waals surface area contributed by atoms with Crippen molar-refractivity contribution in [3.8, 4) is 0 Å². The fourth-order valence-corrected chi connectivity index (χ4v) is 4.60. The fourth-order valence-electron chi connectivity index (χ4n) is 2.49. The second kappa shape index (κ2) is 8.11. The van der Waals surface area contributed by atoms with Gasteiger partial charge in [0.2, 0.25) is 15.9 Å². The van der Waals surface area contributed by atoms with Crippen molar-refractivity contribution < 1.29 is 13.2 Å².